The van der Waals surface area contributed by atoms with Crippen molar-refractivity contribution in [3.8, 4) is 11.1 Å². The number of ether oxygens (including phenoxy) is 1. The van der Waals surface area contributed by atoms with Gasteiger partial charge in [-0.25, -0.2) is 0 Å². The van der Waals surface area contributed by atoms with Crippen LogP contribution < -0.4 is 4.90 Å². The summed E-state index contributed by atoms with van der Waals surface area (Å²) in [6.07, 6.45) is -0.0755. The van der Waals surface area contributed by atoms with Gasteiger partial charge in [-0.15, -0.1) is 0 Å². The lowest BCUT2D eigenvalue weighted by atomic mass is 10.0. The highest BCUT2D eigenvalue weighted by molar-refractivity contribution is 6.01. The molecular formula is C25H19N3O8. The number of Topliss-reactive ketones (excluding diaryl/α,β-unsaturated/α-hetero) is 1. The maximum Gasteiger partial charge on any atom is 0.311 e. The van der Waals surface area contributed by atoms with Crippen molar-refractivity contribution >= 4 is 34.7 Å². The molecule has 0 bridgehead atoms. The number of ketones is 1. The molecule has 0 unspecified atom stereocenters. The van der Waals surface area contributed by atoms with Gasteiger partial charge >= 0.3 is 5.97 Å². The van der Waals surface area contributed by atoms with Gasteiger partial charge in [-0.1, -0.05) is 24.3 Å². The van der Waals surface area contributed by atoms with Gasteiger partial charge in [0.1, 0.15) is 0 Å². The van der Waals surface area contributed by atoms with Crippen molar-refractivity contribution < 1.29 is 29.0 Å². The first-order chi connectivity index (χ1) is 17.2. The van der Waals surface area contributed by atoms with Gasteiger partial charge in [0.05, 0.1) is 15.8 Å². The van der Waals surface area contributed by atoms with Crippen molar-refractivity contribution in [1.29, 1.82) is 0 Å². The molecule has 0 spiro atoms. The zero-order valence-electron chi connectivity index (χ0n) is 18.7. The Morgan fingerprint density at radius 3 is 2.11 bits per heavy atom. The molecule has 182 valence electrons. The standard InChI is InChI=1S/C25H19N3O8/c29-23(18-2-1-3-22(12-18)28(34)35)15-36-25(31)19-13-24(30)26(14-19)20-8-4-16(5-9-20)17-6-10-21(11-7-17)27(32)33/h1-12,19H,13-15H2/t19-/m0/s1. The van der Waals surface area contributed by atoms with Crippen molar-refractivity contribution in [2.75, 3.05) is 18.1 Å². The number of nitro groups is 2. The summed E-state index contributed by atoms with van der Waals surface area (Å²) in [5.74, 6) is -2.32. The number of rotatable bonds is 8. The van der Waals surface area contributed by atoms with Gasteiger partial charge in [0.25, 0.3) is 11.4 Å². The monoisotopic (exact) mass is 489 g/mol. The first kappa shape index (κ1) is 24.2. The number of nitrogens with zero attached hydrogens (tertiary/aromatic N) is 3. The normalized spacial score (nSPS) is 14.9. The Bertz CT molecular complexity index is 1350. The van der Waals surface area contributed by atoms with Crippen LogP contribution in [0.3, 0.4) is 0 Å². The van der Waals surface area contributed by atoms with E-state index in [-0.39, 0.29) is 35.8 Å². The van der Waals surface area contributed by atoms with E-state index in [4.69, 9.17) is 4.74 Å². The molecule has 11 heteroatoms. The fourth-order valence-electron chi connectivity index (χ4n) is 3.86. The fourth-order valence-corrected chi connectivity index (χ4v) is 3.86. The van der Waals surface area contributed by atoms with Crippen molar-refractivity contribution in [1.82, 2.24) is 0 Å². The van der Waals surface area contributed by atoms with E-state index < -0.39 is 34.1 Å². The van der Waals surface area contributed by atoms with E-state index >= 15 is 0 Å². The molecule has 0 N–H and O–H groups in total. The molecule has 11 nitrogen and oxygen atoms in total. The maximum atomic E-state index is 12.5. The summed E-state index contributed by atoms with van der Waals surface area (Å²) in [6.45, 7) is -0.506. The lowest BCUT2D eigenvalue weighted by Crippen LogP contribution is -2.27. The third-order valence-electron chi connectivity index (χ3n) is 5.77. The van der Waals surface area contributed by atoms with Crippen molar-refractivity contribution in [3.63, 3.8) is 0 Å². The lowest BCUT2D eigenvalue weighted by Gasteiger charge is -2.17. The zero-order valence-corrected chi connectivity index (χ0v) is 18.7. The minimum atomic E-state index is -0.759. The van der Waals surface area contributed by atoms with Crippen LogP contribution in [0, 0.1) is 26.1 Å². The van der Waals surface area contributed by atoms with E-state index in [0.29, 0.717) is 5.69 Å². The molecule has 3 aromatic rings. The Hall–Kier alpha value is -4.93. The Kier molecular flexibility index (Phi) is 6.81. The Morgan fingerprint density at radius 2 is 1.50 bits per heavy atom. The molecule has 1 aliphatic heterocycles. The first-order valence-electron chi connectivity index (χ1n) is 10.8. The predicted molar refractivity (Wildman–Crippen MR) is 127 cm³/mol. The van der Waals surface area contributed by atoms with E-state index in [1.807, 2.05) is 0 Å². The number of benzene rings is 3. The van der Waals surface area contributed by atoms with E-state index in [0.717, 1.165) is 17.2 Å². The summed E-state index contributed by atoms with van der Waals surface area (Å²) in [4.78, 5) is 59.3. The molecule has 1 fully saturated rings. The second kappa shape index (κ2) is 10.1. The number of carbonyl (C=O) groups is 3. The molecule has 0 radical (unpaired) electrons. The third-order valence-corrected chi connectivity index (χ3v) is 5.77. The number of carbonyl (C=O) groups excluding carboxylic acids is 3. The molecule has 1 aliphatic rings. The van der Waals surface area contributed by atoms with Crippen molar-refractivity contribution in [3.05, 3.63) is 98.6 Å². The highest BCUT2D eigenvalue weighted by Gasteiger charge is 2.36. The molecule has 1 amide bonds. The number of amides is 1. The van der Waals surface area contributed by atoms with Crippen LogP contribution in [-0.2, 0) is 14.3 Å². The second-order valence-electron chi connectivity index (χ2n) is 8.09. The lowest BCUT2D eigenvalue weighted by molar-refractivity contribution is -0.385. The van der Waals surface area contributed by atoms with Crippen LogP contribution in [0.5, 0.6) is 0 Å². The van der Waals surface area contributed by atoms with Crippen LogP contribution in [-0.4, -0.2) is 40.7 Å². The summed E-state index contributed by atoms with van der Waals surface area (Å²) in [5, 5.41) is 21.7. The number of nitro benzene ring substituents is 2. The minimum absolute atomic E-state index is 0.0113. The van der Waals surface area contributed by atoms with E-state index in [1.54, 1.807) is 36.4 Å². The Morgan fingerprint density at radius 1 is 0.889 bits per heavy atom. The van der Waals surface area contributed by atoms with Crippen LogP contribution in [0.25, 0.3) is 11.1 Å². The summed E-state index contributed by atoms with van der Waals surface area (Å²) < 4.78 is 5.09. The summed E-state index contributed by atoms with van der Waals surface area (Å²) in [7, 11) is 0. The molecule has 0 aromatic heterocycles. The third kappa shape index (κ3) is 5.25. The summed E-state index contributed by atoms with van der Waals surface area (Å²) in [5.41, 5.74) is 1.94. The molecule has 36 heavy (non-hydrogen) atoms. The van der Waals surface area contributed by atoms with Gasteiger partial charge < -0.3 is 9.64 Å². The first-order valence-corrected chi connectivity index (χ1v) is 10.8. The molecule has 0 aliphatic carbocycles. The topological polar surface area (TPSA) is 150 Å². The van der Waals surface area contributed by atoms with Crippen LogP contribution in [0.2, 0.25) is 0 Å². The van der Waals surface area contributed by atoms with Gasteiger partial charge in [-0.05, 0) is 35.4 Å². The molecule has 3 aromatic carbocycles. The number of hydrogen-bond acceptors (Lipinski definition) is 8. The Balaban J connectivity index is 1.36. The average Bonchev–Trinajstić information content (AvgIpc) is 3.28. The molecule has 4 rings (SSSR count). The number of hydrogen-bond donors (Lipinski definition) is 0. The van der Waals surface area contributed by atoms with Gasteiger partial charge in [0, 0.05) is 48.5 Å². The largest absolute Gasteiger partial charge is 0.457 e. The molecular weight excluding hydrogens is 470 g/mol. The van der Waals surface area contributed by atoms with E-state index in [9.17, 15) is 34.6 Å². The molecule has 0 saturated carbocycles. The summed E-state index contributed by atoms with van der Waals surface area (Å²) >= 11 is 0. The van der Waals surface area contributed by atoms with Crippen molar-refractivity contribution in [2.45, 2.75) is 6.42 Å². The van der Waals surface area contributed by atoms with Crippen LogP contribution in [0.15, 0.2) is 72.8 Å². The van der Waals surface area contributed by atoms with Gasteiger partial charge in [0.2, 0.25) is 11.7 Å². The zero-order chi connectivity index (χ0) is 25.8. The van der Waals surface area contributed by atoms with Crippen LogP contribution in [0.4, 0.5) is 17.1 Å². The minimum Gasteiger partial charge on any atom is -0.457 e. The highest BCUT2D eigenvalue weighted by Crippen LogP contribution is 2.29. The van der Waals surface area contributed by atoms with Gasteiger partial charge in [-0.2, -0.15) is 0 Å². The van der Waals surface area contributed by atoms with Crippen LogP contribution in [0.1, 0.15) is 16.8 Å². The van der Waals surface area contributed by atoms with Crippen LogP contribution >= 0.6 is 0 Å². The Labute approximate surface area is 204 Å². The molecule has 1 heterocycles. The average molecular weight is 489 g/mol. The molecule has 1 saturated heterocycles. The smallest absolute Gasteiger partial charge is 0.311 e. The summed E-state index contributed by atoms with van der Waals surface area (Å²) in [6, 6.07) is 18.2. The number of anilines is 1. The van der Waals surface area contributed by atoms with Gasteiger partial charge in [0.15, 0.2) is 6.61 Å². The van der Waals surface area contributed by atoms with Gasteiger partial charge in [-0.3, -0.25) is 34.6 Å². The highest BCUT2D eigenvalue weighted by atomic mass is 16.6. The van der Waals surface area contributed by atoms with E-state index in [2.05, 4.69) is 0 Å². The van der Waals surface area contributed by atoms with Crippen molar-refractivity contribution in [2.24, 2.45) is 5.92 Å². The van der Waals surface area contributed by atoms with E-state index in [1.165, 1.54) is 35.2 Å². The number of non-ortho nitro benzene ring substituents is 2. The molecule has 1 atom stereocenters. The maximum absolute atomic E-state index is 12.5. The quantitative estimate of drug-likeness (QED) is 0.200. The number of esters is 1. The SMILES string of the molecule is O=C(COC(=O)[C@H]1CC(=O)N(c2ccc(-c3ccc([N+](=O)[O-])cc3)cc2)C1)c1cccc([N+](=O)[O-])c1. The fraction of sp³-hybridized carbons (Fsp3) is 0.160. The predicted octanol–water partition coefficient (Wildman–Crippen LogP) is 3.95. The second-order valence-corrected chi connectivity index (χ2v) is 8.09.